The molecule has 31 heavy (non-hydrogen) atoms. The minimum atomic E-state index is -0.454. The van der Waals surface area contributed by atoms with Crippen molar-refractivity contribution in [2.24, 2.45) is 5.10 Å². The van der Waals surface area contributed by atoms with Crippen molar-refractivity contribution in [2.75, 3.05) is 12.9 Å². The van der Waals surface area contributed by atoms with Gasteiger partial charge in [-0.3, -0.25) is 4.79 Å². The Kier molecular flexibility index (Phi) is 8.25. The van der Waals surface area contributed by atoms with Gasteiger partial charge in [0.25, 0.3) is 0 Å². The van der Waals surface area contributed by atoms with E-state index in [1.54, 1.807) is 55.6 Å². The number of benzene rings is 3. The number of methoxy groups -OCH3 is 1. The Hall–Kier alpha value is -3.58. The van der Waals surface area contributed by atoms with E-state index in [1.165, 1.54) is 23.5 Å². The number of rotatable bonds is 9. The average Bonchev–Trinajstić information content (AvgIpc) is 2.81. The monoisotopic (exact) mass is 434 g/mol. The molecule has 0 aromatic heterocycles. The third-order valence-corrected chi connectivity index (χ3v) is 5.17. The van der Waals surface area contributed by atoms with Crippen LogP contribution in [0.25, 0.3) is 0 Å². The van der Waals surface area contributed by atoms with Crippen LogP contribution >= 0.6 is 11.8 Å². The van der Waals surface area contributed by atoms with Gasteiger partial charge in [0.15, 0.2) is 0 Å². The molecule has 0 aliphatic heterocycles. The first-order chi connectivity index (χ1) is 15.1. The fraction of sp³-hybridized carbons (Fsp3) is 0.125. The zero-order valence-corrected chi connectivity index (χ0v) is 17.8. The zero-order chi connectivity index (χ0) is 21.9. The van der Waals surface area contributed by atoms with Crippen molar-refractivity contribution in [1.82, 2.24) is 5.43 Å². The van der Waals surface area contributed by atoms with Crippen LogP contribution < -0.4 is 14.9 Å². The molecule has 0 unspecified atom stereocenters. The Balaban J connectivity index is 1.42. The highest BCUT2D eigenvalue weighted by Gasteiger charge is 2.08. The summed E-state index contributed by atoms with van der Waals surface area (Å²) >= 11 is 1.53. The van der Waals surface area contributed by atoms with Gasteiger partial charge in [0.2, 0.25) is 5.91 Å². The van der Waals surface area contributed by atoms with Gasteiger partial charge in [-0.15, -0.1) is 11.8 Å². The summed E-state index contributed by atoms with van der Waals surface area (Å²) in [5.41, 5.74) is 4.88. The first kappa shape index (κ1) is 22.1. The molecule has 0 spiro atoms. The molecule has 0 aliphatic rings. The van der Waals surface area contributed by atoms with Gasteiger partial charge in [0.05, 0.1) is 24.6 Å². The van der Waals surface area contributed by atoms with Gasteiger partial charge in [-0.1, -0.05) is 30.3 Å². The summed E-state index contributed by atoms with van der Waals surface area (Å²) in [4.78, 5) is 24.0. The van der Waals surface area contributed by atoms with E-state index in [0.717, 1.165) is 11.3 Å². The number of hydrogen-bond donors (Lipinski definition) is 1. The van der Waals surface area contributed by atoms with E-state index in [4.69, 9.17) is 9.47 Å². The molecule has 0 fully saturated rings. The number of thioether (sulfide) groups is 1. The fourth-order valence-electron chi connectivity index (χ4n) is 2.56. The van der Waals surface area contributed by atoms with Gasteiger partial charge >= 0.3 is 5.97 Å². The van der Waals surface area contributed by atoms with Crippen LogP contribution in [0.5, 0.6) is 11.5 Å². The molecule has 1 N–H and O–H groups in total. The fourth-order valence-corrected chi connectivity index (χ4v) is 3.34. The first-order valence-corrected chi connectivity index (χ1v) is 10.7. The lowest BCUT2D eigenvalue weighted by molar-refractivity contribution is -0.118. The maximum Gasteiger partial charge on any atom is 0.343 e. The highest BCUT2D eigenvalue weighted by atomic mass is 32.2. The normalized spacial score (nSPS) is 10.6. The minimum Gasteiger partial charge on any atom is -0.497 e. The Morgan fingerprint density at radius 3 is 2.29 bits per heavy atom. The maximum atomic E-state index is 12.2. The second-order valence-corrected chi connectivity index (χ2v) is 7.44. The summed E-state index contributed by atoms with van der Waals surface area (Å²) in [6.07, 6.45) is 1.54. The van der Waals surface area contributed by atoms with E-state index in [9.17, 15) is 9.59 Å². The van der Waals surface area contributed by atoms with Gasteiger partial charge in [-0.05, 0) is 59.7 Å². The van der Waals surface area contributed by atoms with Gasteiger partial charge < -0.3 is 9.47 Å². The topological polar surface area (TPSA) is 77.0 Å². The van der Waals surface area contributed by atoms with E-state index in [2.05, 4.69) is 10.5 Å². The lowest BCUT2D eigenvalue weighted by Gasteiger charge is -2.05. The van der Waals surface area contributed by atoms with Crippen molar-refractivity contribution in [3.63, 3.8) is 0 Å². The Labute approximate surface area is 185 Å². The predicted molar refractivity (Wildman–Crippen MR) is 123 cm³/mol. The quantitative estimate of drug-likeness (QED) is 0.235. The minimum absolute atomic E-state index is 0.165. The highest BCUT2D eigenvalue weighted by Crippen LogP contribution is 2.16. The number of amides is 1. The number of nitrogens with one attached hydrogen (secondary N) is 1. The van der Waals surface area contributed by atoms with E-state index in [0.29, 0.717) is 22.8 Å². The summed E-state index contributed by atoms with van der Waals surface area (Å²) in [6.45, 7) is 0. The summed E-state index contributed by atoms with van der Waals surface area (Å²) in [5.74, 6) is 1.56. The van der Waals surface area contributed by atoms with Gasteiger partial charge in [-0.2, -0.15) is 5.10 Å². The Morgan fingerprint density at radius 2 is 1.61 bits per heavy atom. The third kappa shape index (κ3) is 7.31. The number of hydrogen-bond acceptors (Lipinski definition) is 6. The van der Waals surface area contributed by atoms with Crippen molar-refractivity contribution in [3.8, 4) is 11.5 Å². The molecule has 0 atom stereocenters. The van der Waals surface area contributed by atoms with Crippen LogP contribution in [-0.2, 0) is 10.5 Å². The highest BCUT2D eigenvalue weighted by molar-refractivity contribution is 7.99. The molecule has 0 radical (unpaired) electrons. The van der Waals surface area contributed by atoms with Crippen LogP contribution in [0.1, 0.15) is 21.5 Å². The molecule has 3 aromatic rings. The Morgan fingerprint density at radius 1 is 0.935 bits per heavy atom. The van der Waals surface area contributed by atoms with Crippen molar-refractivity contribution in [3.05, 3.63) is 95.6 Å². The SMILES string of the molecule is COc1ccc(C(=O)Oc2ccc(C=NNC(=O)CSCc3ccccc3)cc2)cc1. The number of carbonyl (C=O) groups excluding carboxylic acids is 2. The second-order valence-electron chi connectivity index (χ2n) is 6.46. The molecular weight excluding hydrogens is 412 g/mol. The average molecular weight is 435 g/mol. The molecule has 0 saturated heterocycles. The van der Waals surface area contributed by atoms with Crippen LogP contribution in [0.15, 0.2) is 84.0 Å². The number of nitrogens with zero attached hydrogens (tertiary/aromatic N) is 1. The molecule has 0 heterocycles. The molecule has 1 amide bonds. The van der Waals surface area contributed by atoms with E-state index in [-0.39, 0.29) is 5.91 Å². The summed E-state index contributed by atoms with van der Waals surface area (Å²) in [7, 11) is 1.56. The van der Waals surface area contributed by atoms with Crippen LogP contribution in [0.3, 0.4) is 0 Å². The number of ether oxygens (including phenoxy) is 2. The smallest absolute Gasteiger partial charge is 0.343 e. The van der Waals surface area contributed by atoms with Crippen molar-refractivity contribution >= 4 is 29.9 Å². The van der Waals surface area contributed by atoms with E-state index < -0.39 is 5.97 Å². The van der Waals surface area contributed by atoms with Crippen LogP contribution in [0.4, 0.5) is 0 Å². The molecular formula is C24H22N2O4S. The molecule has 158 valence electrons. The van der Waals surface area contributed by atoms with Gasteiger partial charge in [0.1, 0.15) is 11.5 Å². The largest absolute Gasteiger partial charge is 0.497 e. The number of hydrazone groups is 1. The van der Waals surface area contributed by atoms with Crippen molar-refractivity contribution in [2.45, 2.75) is 5.75 Å². The lowest BCUT2D eigenvalue weighted by Crippen LogP contribution is -2.19. The van der Waals surface area contributed by atoms with Crippen LogP contribution in [0, 0.1) is 0 Å². The van der Waals surface area contributed by atoms with Gasteiger partial charge in [-0.25, -0.2) is 10.2 Å². The number of carbonyl (C=O) groups is 2. The summed E-state index contributed by atoms with van der Waals surface area (Å²) in [5, 5.41) is 3.96. The van der Waals surface area contributed by atoms with Gasteiger partial charge in [0, 0.05) is 5.75 Å². The summed E-state index contributed by atoms with van der Waals surface area (Å²) < 4.78 is 10.4. The lowest BCUT2D eigenvalue weighted by atomic mass is 10.2. The zero-order valence-electron chi connectivity index (χ0n) is 17.0. The molecule has 7 heteroatoms. The first-order valence-electron chi connectivity index (χ1n) is 9.54. The third-order valence-electron chi connectivity index (χ3n) is 4.16. The standard InChI is InChI=1S/C24H22N2O4S/c1-29-21-13-9-20(10-14-21)24(28)30-22-11-7-18(8-12-22)15-25-26-23(27)17-31-16-19-5-3-2-4-6-19/h2-15H,16-17H2,1H3,(H,26,27). The summed E-state index contributed by atoms with van der Waals surface area (Å²) in [6, 6.07) is 23.5. The Bertz CT molecular complexity index is 1020. The molecule has 3 rings (SSSR count). The predicted octanol–water partition coefficient (Wildman–Crippen LogP) is 4.30. The van der Waals surface area contributed by atoms with E-state index >= 15 is 0 Å². The van der Waals surface area contributed by atoms with Crippen LogP contribution in [0.2, 0.25) is 0 Å². The van der Waals surface area contributed by atoms with E-state index in [1.807, 2.05) is 30.3 Å². The second kappa shape index (κ2) is 11.6. The van der Waals surface area contributed by atoms with Crippen LogP contribution in [-0.4, -0.2) is 31.0 Å². The number of esters is 1. The molecule has 0 saturated carbocycles. The maximum absolute atomic E-state index is 12.2. The molecule has 6 nitrogen and oxygen atoms in total. The molecule has 0 bridgehead atoms. The molecule has 0 aliphatic carbocycles. The van der Waals surface area contributed by atoms with Crippen molar-refractivity contribution < 1.29 is 19.1 Å². The molecule has 3 aromatic carbocycles. The van der Waals surface area contributed by atoms with Crippen molar-refractivity contribution in [1.29, 1.82) is 0 Å².